The van der Waals surface area contributed by atoms with Crippen molar-refractivity contribution in [3.8, 4) is 0 Å². The predicted octanol–water partition coefficient (Wildman–Crippen LogP) is 2.71. The third kappa shape index (κ3) is 4.77. The summed E-state index contributed by atoms with van der Waals surface area (Å²) in [6, 6.07) is 5.71. The highest BCUT2D eigenvalue weighted by Gasteiger charge is 2.27. The molecule has 1 aliphatic rings. The first-order chi connectivity index (χ1) is 12.7. The van der Waals surface area contributed by atoms with Crippen LogP contribution in [-0.2, 0) is 16.1 Å². The lowest BCUT2D eigenvalue weighted by molar-refractivity contribution is -0.0167. The second-order valence-corrected chi connectivity index (χ2v) is 7.76. The third-order valence-corrected chi connectivity index (χ3v) is 4.42. The van der Waals surface area contributed by atoms with Crippen molar-refractivity contribution in [3.05, 3.63) is 23.8 Å². The molecule has 0 atom stereocenters. The van der Waals surface area contributed by atoms with Gasteiger partial charge in [-0.3, -0.25) is 0 Å². The van der Waals surface area contributed by atoms with Gasteiger partial charge in [0.15, 0.2) is 0 Å². The number of likely N-dealkylation sites (tertiary alicyclic amines) is 1. The second kappa shape index (κ2) is 7.56. The Morgan fingerprint density at radius 3 is 2.59 bits per heavy atom. The first-order valence-electron chi connectivity index (χ1n) is 9.13. The van der Waals surface area contributed by atoms with E-state index < -0.39 is 5.60 Å². The van der Waals surface area contributed by atoms with Crippen LogP contribution in [0.3, 0.4) is 0 Å². The zero-order chi connectivity index (χ0) is 19.6. The van der Waals surface area contributed by atoms with Gasteiger partial charge >= 0.3 is 6.09 Å². The minimum Gasteiger partial charge on any atom is -0.444 e. The molecule has 0 radical (unpaired) electrons. The van der Waals surface area contributed by atoms with Crippen LogP contribution in [0, 0.1) is 0 Å². The van der Waals surface area contributed by atoms with Crippen LogP contribution in [0.1, 0.15) is 39.2 Å². The van der Waals surface area contributed by atoms with E-state index in [2.05, 4.69) is 9.97 Å². The van der Waals surface area contributed by atoms with E-state index >= 15 is 0 Å². The van der Waals surface area contributed by atoms with Crippen molar-refractivity contribution in [2.75, 3.05) is 24.6 Å². The number of anilines is 2. The van der Waals surface area contributed by atoms with Gasteiger partial charge in [0.2, 0.25) is 5.95 Å². The number of hydrogen-bond acceptors (Lipinski definition) is 7. The fourth-order valence-electron chi connectivity index (χ4n) is 3.16. The highest BCUT2D eigenvalue weighted by atomic mass is 16.6. The van der Waals surface area contributed by atoms with Crippen LogP contribution in [0.5, 0.6) is 0 Å². The lowest BCUT2D eigenvalue weighted by atomic mass is 10.1. The zero-order valence-corrected chi connectivity index (χ0v) is 16.1. The Balaban J connectivity index is 1.58. The van der Waals surface area contributed by atoms with Gasteiger partial charge in [0.25, 0.3) is 0 Å². The van der Waals surface area contributed by atoms with Crippen molar-refractivity contribution < 1.29 is 14.3 Å². The molecule has 146 valence electrons. The maximum atomic E-state index is 12.1. The quantitative estimate of drug-likeness (QED) is 0.849. The standard InChI is InChI=1S/C19H27N5O3/c1-19(2,3)27-18(25)24-9-7-13(8-10-24)26-11-12-5-4-6-14-15(12)16(20)23-17(21)22-14/h4-6,13H,7-11H2,1-3H3,(H4,20,21,22,23). The van der Waals surface area contributed by atoms with Gasteiger partial charge in [-0.25, -0.2) is 9.78 Å². The summed E-state index contributed by atoms with van der Waals surface area (Å²) in [5.74, 6) is 0.518. The van der Waals surface area contributed by atoms with Crippen LogP contribution >= 0.6 is 0 Å². The summed E-state index contributed by atoms with van der Waals surface area (Å²) in [7, 11) is 0. The monoisotopic (exact) mass is 373 g/mol. The van der Waals surface area contributed by atoms with Gasteiger partial charge in [-0.05, 0) is 45.2 Å². The summed E-state index contributed by atoms with van der Waals surface area (Å²) >= 11 is 0. The first-order valence-corrected chi connectivity index (χ1v) is 9.13. The number of carbonyl (C=O) groups is 1. The van der Waals surface area contributed by atoms with Gasteiger partial charge in [0.1, 0.15) is 11.4 Å². The zero-order valence-electron chi connectivity index (χ0n) is 16.1. The third-order valence-electron chi connectivity index (χ3n) is 4.42. The van der Waals surface area contributed by atoms with Gasteiger partial charge in [-0.1, -0.05) is 12.1 Å². The normalized spacial score (nSPS) is 15.9. The van der Waals surface area contributed by atoms with Crippen molar-refractivity contribution in [3.63, 3.8) is 0 Å². The van der Waals surface area contributed by atoms with Gasteiger partial charge < -0.3 is 25.8 Å². The Hall–Kier alpha value is -2.61. The van der Waals surface area contributed by atoms with Crippen molar-refractivity contribution in [1.82, 2.24) is 14.9 Å². The molecule has 4 N–H and O–H groups in total. The van der Waals surface area contributed by atoms with Gasteiger partial charge in [0, 0.05) is 18.5 Å². The molecular weight excluding hydrogens is 346 g/mol. The highest BCUT2D eigenvalue weighted by Crippen LogP contribution is 2.25. The Morgan fingerprint density at radius 2 is 1.93 bits per heavy atom. The molecule has 1 aromatic carbocycles. The first kappa shape index (κ1) is 19.2. The van der Waals surface area contributed by atoms with Crippen molar-refractivity contribution in [1.29, 1.82) is 0 Å². The second-order valence-electron chi connectivity index (χ2n) is 7.76. The number of carbonyl (C=O) groups excluding carboxylic acids is 1. The average Bonchev–Trinajstić information content (AvgIpc) is 2.58. The van der Waals surface area contributed by atoms with Crippen LogP contribution < -0.4 is 11.5 Å². The van der Waals surface area contributed by atoms with Gasteiger partial charge in [0.05, 0.1) is 18.2 Å². The summed E-state index contributed by atoms with van der Waals surface area (Å²) in [4.78, 5) is 22.1. The van der Waals surface area contributed by atoms with E-state index in [1.165, 1.54) is 0 Å². The number of benzene rings is 1. The molecule has 1 saturated heterocycles. The molecule has 27 heavy (non-hydrogen) atoms. The minimum absolute atomic E-state index is 0.0786. The summed E-state index contributed by atoms with van der Waals surface area (Å²) < 4.78 is 11.5. The lowest BCUT2D eigenvalue weighted by Crippen LogP contribution is -2.43. The molecule has 0 aliphatic carbocycles. The summed E-state index contributed by atoms with van der Waals surface area (Å²) in [5, 5.41) is 0.776. The molecule has 8 heteroatoms. The van der Waals surface area contributed by atoms with E-state index in [1.807, 2.05) is 39.0 Å². The fraction of sp³-hybridized carbons (Fsp3) is 0.526. The highest BCUT2D eigenvalue weighted by molar-refractivity contribution is 5.91. The Labute approximate surface area is 158 Å². The molecule has 1 fully saturated rings. The van der Waals surface area contributed by atoms with E-state index in [4.69, 9.17) is 20.9 Å². The molecule has 1 aromatic heterocycles. The number of nitrogens with two attached hydrogens (primary N) is 2. The summed E-state index contributed by atoms with van der Waals surface area (Å²) in [5.41, 5.74) is 12.8. The topological polar surface area (TPSA) is 117 Å². The summed E-state index contributed by atoms with van der Waals surface area (Å²) in [6.45, 7) is 7.26. The molecule has 0 bridgehead atoms. The number of fused-ring (bicyclic) bond motifs is 1. The van der Waals surface area contributed by atoms with E-state index in [0.717, 1.165) is 23.8 Å². The number of ether oxygens (including phenoxy) is 2. The van der Waals surface area contributed by atoms with Crippen LogP contribution in [-0.4, -0.2) is 45.8 Å². The molecule has 0 spiro atoms. The van der Waals surface area contributed by atoms with E-state index in [1.54, 1.807) is 4.90 Å². The Bertz CT molecular complexity index is 826. The molecule has 8 nitrogen and oxygen atoms in total. The predicted molar refractivity (Wildman–Crippen MR) is 104 cm³/mol. The maximum Gasteiger partial charge on any atom is 0.410 e. The van der Waals surface area contributed by atoms with Crippen LogP contribution in [0.15, 0.2) is 18.2 Å². The van der Waals surface area contributed by atoms with Crippen molar-refractivity contribution in [2.45, 2.75) is 51.9 Å². The molecule has 0 unspecified atom stereocenters. The average molecular weight is 373 g/mol. The van der Waals surface area contributed by atoms with Crippen LogP contribution in [0.25, 0.3) is 10.9 Å². The van der Waals surface area contributed by atoms with Crippen LogP contribution in [0.2, 0.25) is 0 Å². The number of amides is 1. The SMILES string of the molecule is CC(C)(C)OC(=O)N1CCC(OCc2cccc3nc(N)nc(N)c23)CC1. The molecule has 0 saturated carbocycles. The lowest BCUT2D eigenvalue weighted by Gasteiger charge is -2.33. The van der Waals surface area contributed by atoms with Crippen molar-refractivity contribution in [2.24, 2.45) is 0 Å². The maximum absolute atomic E-state index is 12.1. The number of nitrogen functional groups attached to an aromatic ring is 2. The largest absolute Gasteiger partial charge is 0.444 e. The number of piperidine rings is 1. The molecule has 1 amide bonds. The smallest absolute Gasteiger partial charge is 0.410 e. The number of rotatable bonds is 3. The number of nitrogens with zero attached hydrogens (tertiary/aromatic N) is 3. The fourth-order valence-corrected chi connectivity index (χ4v) is 3.16. The molecule has 2 heterocycles. The molecule has 2 aromatic rings. The summed E-state index contributed by atoms with van der Waals surface area (Å²) in [6.07, 6.45) is 1.35. The molecule has 1 aliphatic heterocycles. The van der Waals surface area contributed by atoms with Crippen molar-refractivity contribution >= 4 is 28.8 Å². The van der Waals surface area contributed by atoms with E-state index in [9.17, 15) is 4.79 Å². The van der Waals surface area contributed by atoms with Gasteiger partial charge in [-0.15, -0.1) is 0 Å². The number of aromatic nitrogens is 2. The van der Waals surface area contributed by atoms with Crippen LogP contribution in [0.4, 0.5) is 16.6 Å². The molecule has 3 rings (SSSR count). The molecular formula is C19H27N5O3. The minimum atomic E-state index is -0.482. The Morgan fingerprint density at radius 1 is 1.22 bits per heavy atom. The Kier molecular flexibility index (Phi) is 5.36. The number of hydrogen-bond donors (Lipinski definition) is 2. The van der Waals surface area contributed by atoms with E-state index in [0.29, 0.717) is 31.0 Å². The van der Waals surface area contributed by atoms with E-state index in [-0.39, 0.29) is 18.1 Å². The van der Waals surface area contributed by atoms with Gasteiger partial charge in [-0.2, -0.15) is 4.98 Å².